The molecule has 1 aliphatic rings. The molecule has 1 atom stereocenters. The minimum atomic E-state index is -0.937. The normalized spacial score (nSPS) is 15.4. The number of hydrogen-bond donors (Lipinski definition) is 1. The third-order valence-electron chi connectivity index (χ3n) is 2.83. The number of carbonyl (C=O) groups excluding carboxylic acids is 2. The first-order chi connectivity index (χ1) is 10.1. The highest BCUT2D eigenvalue weighted by Crippen LogP contribution is 2.26. The summed E-state index contributed by atoms with van der Waals surface area (Å²) in [6.45, 7) is 2.31. The summed E-state index contributed by atoms with van der Waals surface area (Å²) in [6, 6.07) is 7.20. The van der Waals surface area contributed by atoms with Crippen LogP contribution in [0.5, 0.6) is 0 Å². The Labute approximate surface area is 131 Å². The van der Waals surface area contributed by atoms with Crippen molar-refractivity contribution in [3.63, 3.8) is 0 Å². The van der Waals surface area contributed by atoms with Gasteiger partial charge in [-0.05, 0) is 18.6 Å². The first kappa shape index (κ1) is 15.9. The van der Waals surface area contributed by atoms with E-state index in [4.69, 9.17) is 10.5 Å². The summed E-state index contributed by atoms with van der Waals surface area (Å²) in [6.07, 6.45) is -0.937. The lowest BCUT2D eigenvalue weighted by atomic mass is 10.1. The van der Waals surface area contributed by atoms with Gasteiger partial charge in [0.05, 0.1) is 12.1 Å². The van der Waals surface area contributed by atoms with Crippen LogP contribution in [0, 0.1) is 0 Å². The first-order valence-electron chi connectivity index (χ1n) is 6.46. The maximum atomic E-state index is 12.1. The van der Waals surface area contributed by atoms with Gasteiger partial charge in [-0.15, -0.1) is 0 Å². The molecule has 5 nitrogen and oxygen atoms in total. The highest BCUT2D eigenvalue weighted by molar-refractivity contribution is 8.38. The molecular formula is C14H16N2O3S2. The highest BCUT2D eigenvalue weighted by Gasteiger charge is 2.19. The minimum absolute atomic E-state index is 0.460. The van der Waals surface area contributed by atoms with Crippen molar-refractivity contribution in [3.8, 4) is 0 Å². The van der Waals surface area contributed by atoms with Crippen LogP contribution in [-0.4, -0.2) is 34.7 Å². The van der Waals surface area contributed by atoms with Crippen LogP contribution >= 0.6 is 23.5 Å². The molecule has 0 unspecified atom stereocenters. The fraction of sp³-hybridized carbons (Fsp3) is 0.357. The van der Waals surface area contributed by atoms with E-state index < -0.39 is 18.0 Å². The Bertz CT molecular complexity index is 575. The lowest BCUT2D eigenvalue weighted by Gasteiger charge is -2.12. The maximum Gasteiger partial charge on any atom is 0.339 e. The van der Waals surface area contributed by atoms with Gasteiger partial charge in [0.15, 0.2) is 6.10 Å². The molecule has 1 aromatic rings. The molecule has 0 radical (unpaired) electrons. The predicted molar refractivity (Wildman–Crippen MR) is 86.6 cm³/mol. The van der Waals surface area contributed by atoms with Gasteiger partial charge in [-0.2, -0.15) is 0 Å². The summed E-state index contributed by atoms with van der Waals surface area (Å²) in [5, 5.41) is 0. The number of thioether (sulfide) groups is 2. The van der Waals surface area contributed by atoms with Crippen molar-refractivity contribution in [1.29, 1.82) is 0 Å². The molecule has 1 aliphatic heterocycles. The number of carbonyl (C=O) groups is 2. The van der Waals surface area contributed by atoms with Gasteiger partial charge in [-0.3, -0.25) is 9.79 Å². The molecule has 2 rings (SSSR count). The second kappa shape index (κ2) is 7.51. The Hall–Kier alpha value is -1.47. The Morgan fingerprint density at radius 1 is 1.48 bits per heavy atom. The molecule has 0 fully saturated rings. The fourth-order valence-electron chi connectivity index (χ4n) is 1.67. The van der Waals surface area contributed by atoms with Crippen molar-refractivity contribution in [2.75, 3.05) is 12.3 Å². The van der Waals surface area contributed by atoms with E-state index in [2.05, 4.69) is 4.99 Å². The number of benzene rings is 1. The van der Waals surface area contributed by atoms with Gasteiger partial charge in [0.1, 0.15) is 4.38 Å². The lowest BCUT2D eigenvalue weighted by molar-refractivity contribution is -0.125. The SMILES string of the molecule is C[C@H](OC(=O)c1ccccc1CSC1=NCCS1)C(N)=O. The van der Waals surface area contributed by atoms with Crippen molar-refractivity contribution in [1.82, 2.24) is 0 Å². The Morgan fingerprint density at radius 3 is 2.90 bits per heavy atom. The smallest absolute Gasteiger partial charge is 0.339 e. The largest absolute Gasteiger partial charge is 0.449 e. The van der Waals surface area contributed by atoms with Crippen LogP contribution in [0.4, 0.5) is 0 Å². The van der Waals surface area contributed by atoms with Crippen LogP contribution < -0.4 is 5.73 Å². The number of ether oxygens (including phenoxy) is 1. The topological polar surface area (TPSA) is 81.8 Å². The van der Waals surface area contributed by atoms with Gasteiger partial charge >= 0.3 is 5.97 Å². The van der Waals surface area contributed by atoms with Gasteiger partial charge in [0, 0.05) is 11.5 Å². The lowest BCUT2D eigenvalue weighted by Crippen LogP contribution is -2.30. The Balaban J connectivity index is 2.05. The van der Waals surface area contributed by atoms with Gasteiger partial charge in [0.2, 0.25) is 0 Å². The number of aliphatic imine (C=N–C) groups is 1. The van der Waals surface area contributed by atoms with Crippen LogP contribution in [0.3, 0.4) is 0 Å². The first-order valence-corrected chi connectivity index (χ1v) is 8.43. The van der Waals surface area contributed by atoms with E-state index in [1.54, 1.807) is 35.7 Å². The molecule has 0 bridgehead atoms. The zero-order valence-corrected chi connectivity index (χ0v) is 13.2. The molecule has 7 heteroatoms. The molecule has 0 saturated carbocycles. The summed E-state index contributed by atoms with van der Waals surface area (Å²) in [5.74, 6) is 0.468. The molecule has 0 saturated heterocycles. The van der Waals surface area contributed by atoms with Crippen molar-refractivity contribution < 1.29 is 14.3 Å². The molecular weight excluding hydrogens is 308 g/mol. The van der Waals surface area contributed by atoms with Crippen LogP contribution in [0.1, 0.15) is 22.8 Å². The number of hydrogen-bond acceptors (Lipinski definition) is 6. The summed E-state index contributed by atoms with van der Waals surface area (Å²) >= 11 is 3.33. The van der Waals surface area contributed by atoms with Crippen LogP contribution in [0.25, 0.3) is 0 Å². The zero-order chi connectivity index (χ0) is 15.2. The zero-order valence-electron chi connectivity index (χ0n) is 11.6. The second-order valence-electron chi connectivity index (χ2n) is 4.39. The van der Waals surface area contributed by atoms with E-state index >= 15 is 0 Å². The highest BCUT2D eigenvalue weighted by atomic mass is 32.2. The molecule has 1 heterocycles. The molecule has 21 heavy (non-hydrogen) atoms. The summed E-state index contributed by atoms with van der Waals surface area (Å²) in [5.41, 5.74) is 6.42. The monoisotopic (exact) mass is 324 g/mol. The van der Waals surface area contributed by atoms with Gasteiger partial charge in [0.25, 0.3) is 5.91 Å². The van der Waals surface area contributed by atoms with Crippen molar-refractivity contribution in [2.24, 2.45) is 10.7 Å². The van der Waals surface area contributed by atoms with Crippen molar-refractivity contribution in [3.05, 3.63) is 35.4 Å². The Morgan fingerprint density at radius 2 is 2.24 bits per heavy atom. The standard InChI is InChI=1S/C14H16N2O3S2/c1-9(12(15)17)19-13(18)11-5-3-2-4-10(11)8-21-14-16-6-7-20-14/h2-5,9H,6-8H2,1H3,(H2,15,17)/t9-/m0/s1. The molecule has 2 N–H and O–H groups in total. The fourth-order valence-corrected chi connectivity index (χ4v) is 3.68. The number of rotatable bonds is 5. The molecule has 0 aromatic heterocycles. The minimum Gasteiger partial charge on any atom is -0.449 e. The van der Waals surface area contributed by atoms with Gasteiger partial charge in [-0.25, -0.2) is 4.79 Å². The molecule has 1 amide bonds. The predicted octanol–water partition coefficient (Wildman–Crippen LogP) is 2.05. The molecule has 0 aliphatic carbocycles. The van der Waals surface area contributed by atoms with E-state index in [1.165, 1.54) is 6.92 Å². The van der Waals surface area contributed by atoms with Gasteiger partial charge < -0.3 is 10.5 Å². The summed E-state index contributed by atoms with van der Waals surface area (Å²) in [7, 11) is 0. The molecule has 0 spiro atoms. The van der Waals surface area contributed by atoms with E-state index in [0.717, 1.165) is 22.2 Å². The number of primary amides is 1. The third-order valence-corrected chi connectivity index (χ3v) is 5.13. The second-order valence-corrected chi connectivity index (χ2v) is 6.70. The number of esters is 1. The Kier molecular flexibility index (Phi) is 5.69. The molecule has 112 valence electrons. The molecule has 1 aromatic carbocycles. The van der Waals surface area contributed by atoms with Crippen molar-refractivity contribution >= 4 is 39.8 Å². The van der Waals surface area contributed by atoms with Crippen LogP contribution in [0.2, 0.25) is 0 Å². The van der Waals surface area contributed by atoms with Crippen LogP contribution in [-0.2, 0) is 15.3 Å². The van der Waals surface area contributed by atoms with Gasteiger partial charge in [-0.1, -0.05) is 41.7 Å². The van der Waals surface area contributed by atoms with E-state index in [0.29, 0.717) is 11.3 Å². The quantitative estimate of drug-likeness (QED) is 0.838. The van der Waals surface area contributed by atoms with Crippen LogP contribution in [0.15, 0.2) is 29.3 Å². The average Bonchev–Trinajstić information content (AvgIpc) is 2.98. The summed E-state index contributed by atoms with van der Waals surface area (Å²) < 4.78 is 6.10. The number of nitrogens with zero attached hydrogens (tertiary/aromatic N) is 1. The number of nitrogens with two attached hydrogens (primary N) is 1. The van der Waals surface area contributed by atoms with Crippen molar-refractivity contribution in [2.45, 2.75) is 18.8 Å². The van der Waals surface area contributed by atoms with E-state index in [1.807, 2.05) is 12.1 Å². The average molecular weight is 324 g/mol. The maximum absolute atomic E-state index is 12.1. The third kappa shape index (κ3) is 4.50. The van der Waals surface area contributed by atoms with E-state index in [-0.39, 0.29) is 0 Å². The number of amides is 1. The van der Waals surface area contributed by atoms with E-state index in [9.17, 15) is 9.59 Å². The summed E-state index contributed by atoms with van der Waals surface area (Å²) in [4.78, 5) is 27.4.